The second-order valence-electron chi connectivity index (χ2n) is 4.88. The topological polar surface area (TPSA) is 97.3 Å². The number of rotatable bonds is 5. The van der Waals surface area contributed by atoms with Crippen molar-refractivity contribution in [1.29, 1.82) is 0 Å². The fourth-order valence-corrected chi connectivity index (χ4v) is 2.36. The van der Waals surface area contributed by atoms with Crippen molar-refractivity contribution in [2.45, 2.75) is 26.3 Å². The maximum Gasteiger partial charge on any atom is 0.224 e. The number of nitrogens with zero attached hydrogens (tertiary/aromatic N) is 3. The minimum absolute atomic E-state index is 0.0355. The summed E-state index contributed by atoms with van der Waals surface area (Å²) in [7, 11) is 0. The molecule has 1 aliphatic rings. The molecule has 19 heavy (non-hydrogen) atoms. The summed E-state index contributed by atoms with van der Waals surface area (Å²) in [6.45, 7) is 5.13. The van der Waals surface area contributed by atoms with Crippen molar-refractivity contribution in [2.24, 2.45) is 11.7 Å². The van der Waals surface area contributed by atoms with Crippen molar-refractivity contribution in [1.82, 2.24) is 20.4 Å². The molecule has 0 saturated carbocycles. The maximum absolute atomic E-state index is 11.9. The summed E-state index contributed by atoms with van der Waals surface area (Å²) in [5.41, 5.74) is 5.39. The van der Waals surface area contributed by atoms with E-state index in [1.54, 1.807) is 6.92 Å². The summed E-state index contributed by atoms with van der Waals surface area (Å²) in [4.78, 5) is 18.3. The second kappa shape index (κ2) is 6.63. The lowest BCUT2D eigenvalue weighted by molar-refractivity contribution is -0.126. The van der Waals surface area contributed by atoms with Gasteiger partial charge < -0.3 is 15.6 Å². The molecule has 1 unspecified atom stereocenters. The van der Waals surface area contributed by atoms with E-state index in [2.05, 4.69) is 20.4 Å². The van der Waals surface area contributed by atoms with Gasteiger partial charge in [-0.05, 0) is 19.4 Å². The SMILES string of the molecule is Cc1nc(CN2CCCC(C(=O)NCCN)C2)no1. The van der Waals surface area contributed by atoms with Crippen molar-refractivity contribution < 1.29 is 9.32 Å². The van der Waals surface area contributed by atoms with Crippen LogP contribution in [0.5, 0.6) is 0 Å². The van der Waals surface area contributed by atoms with Gasteiger partial charge in [0, 0.05) is 26.6 Å². The first-order valence-electron chi connectivity index (χ1n) is 6.68. The zero-order valence-electron chi connectivity index (χ0n) is 11.3. The fraction of sp³-hybridized carbons (Fsp3) is 0.750. The molecular formula is C12H21N5O2. The standard InChI is InChI=1S/C12H21N5O2/c1-9-15-11(16-19-9)8-17-6-2-3-10(7-17)12(18)14-5-4-13/h10H,2-8,13H2,1H3,(H,14,18). The van der Waals surface area contributed by atoms with Gasteiger partial charge in [-0.25, -0.2) is 0 Å². The van der Waals surface area contributed by atoms with Crippen LogP contribution in [-0.4, -0.2) is 47.1 Å². The predicted molar refractivity (Wildman–Crippen MR) is 69.1 cm³/mol. The van der Waals surface area contributed by atoms with E-state index in [1.165, 1.54) is 0 Å². The number of nitrogens with two attached hydrogens (primary N) is 1. The molecule has 1 aromatic heterocycles. The smallest absolute Gasteiger partial charge is 0.224 e. The van der Waals surface area contributed by atoms with Gasteiger partial charge in [0.05, 0.1) is 12.5 Å². The van der Waals surface area contributed by atoms with E-state index in [-0.39, 0.29) is 11.8 Å². The van der Waals surface area contributed by atoms with Crippen molar-refractivity contribution >= 4 is 5.91 Å². The highest BCUT2D eigenvalue weighted by Gasteiger charge is 2.26. The van der Waals surface area contributed by atoms with Gasteiger partial charge in [0.15, 0.2) is 5.82 Å². The van der Waals surface area contributed by atoms with Gasteiger partial charge in [-0.3, -0.25) is 9.69 Å². The Balaban J connectivity index is 1.84. The number of likely N-dealkylation sites (tertiary alicyclic amines) is 1. The Labute approximate surface area is 112 Å². The van der Waals surface area contributed by atoms with Crippen LogP contribution in [-0.2, 0) is 11.3 Å². The van der Waals surface area contributed by atoms with Crippen LogP contribution in [0.1, 0.15) is 24.6 Å². The number of carbonyl (C=O) groups is 1. The zero-order chi connectivity index (χ0) is 13.7. The minimum Gasteiger partial charge on any atom is -0.355 e. The molecular weight excluding hydrogens is 246 g/mol. The van der Waals surface area contributed by atoms with Crippen LogP contribution in [0.4, 0.5) is 0 Å². The third-order valence-electron chi connectivity index (χ3n) is 3.25. The summed E-state index contributed by atoms with van der Waals surface area (Å²) in [5, 5.41) is 6.73. The number of nitrogens with one attached hydrogen (secondary N) is 1. The highest BCUT2D eigenvalue weighted by atomic mass is 16.5. The molecule has 0 radical (unpaired) electrons. The third-order valence-corrected chi connectivity index (χ3v) is 3.25. The van der Waals surface area contributed by atoms with Crippen molar-refractivity contribution in [3.63, 3.8) is 0 Å². The van der Waals surface area contributed by atoms with Crippen LogP contribution in [0.3, 0.4) is 0 Å². The number of hydrogen-bond acceptors (Lipinski definition) is 6. The molecule has 1 aromatic rings. The van der Waals surface area contributed by atoms with Gasteiger partial charge >= 0.3 is 0 Å². The van der Waals surface area contributed by atoms with Gasteiger partial charge in [-0.1, -0.05) is 5.16 Å². The summed E-state index contributed by atoms with van der Waals surface area (Å²) in [6, 6.07) is 0. The predicted octanol–water partition coefficient (Wildman–Crippen LogP) is -0.335. The first-order chi connectivity index (χ1) is 9.19. The summed E-state index contributed by atoms with van der Waals surface area (Å²) in [5.74, 6) is 1.39. The van der Waals surface area contributed by atoms with Crippen molar-refractivity contribution in [2.75, 3.05) is 26.2 Å². The van der Waals surface area contributed by atoms with E-state index in [9.17, 15) is 4.79 Å². The Morgan fingerprint density at radius 1 is 1.63 bits per heavy atom. The number of piperidine rings is 1. The normalized spacial score (nSPS) is 20.4. The zero-order valence-corrected chi connectivity index (χ0v) is 11.3. The quantitative estimate of drug-likeness (QED) is 0.758. The molecule has 0 spiro atoms. The molecule has 1 fully saturated rings. The summed E-state index contributed by atoms with van der Waals surface area (Å²) >= 11 is 0. The molecule has 2 heterocycles. The van der Waals surface area contributed by atoms with Gasteiger partial charge in [-0.15, -0.1) is 0 Å². The Morgan fingerprint density at radius 3 is 3.16 bits per heavy atom. The van der Waals surface area contributed by atoms with E-state index in [0.717, 1.165) is 25.9 Å². The molecule has 0 aromatic carbocycles. The van der Waals surface area contributed by atoms with E-state index in [1.807, 2.05) is 0 Å². The van der Waals surface area contributed by atoms with E-state index >= 15 is 0 Å². The molecule has 1 saturated heterocycles. The van der Waals surface area contributed by atoms with Crippen LogP contribution in [0.15, 0.2) is 4.52 Å². The molecule has 106 valence electrons. The lowest BCUT2D eigenvalue weighted by Gasteiger charge is -2.30. The highest BCUT2D eigenvalue weighted by molar-refractivity contribution is 5.78. The third kappa shape index (κ3) is 4.00. The Hall–Kier alpha value is -1.47. The minimum atomic E-state index is 0.0355. The first kappa shape index (κ1) is 14.0. The average Bonchev–Trinajstić information content (AvgIpc) is 2.81. The average molecular weight is 267 g/mol. The molecule has 0 aliphatic carbocycles. The van der Waals surface area contributed by atoms with Crippen LogP contribution in [0.25, 0.3) is 0 Å². The monoisotopic (exact) mass is 267 g/mol. The number of hydrogen-bond donors (Lipinski definition) is 2. The molecule has 1 atom stereocenters. The number of amides is 1. The van der Waals surface area contributed by atoms with Gasteiger partial charge in [0.2, 0.25) is 11.8 Å². The molecule has 7 heteroatoms. The molecule has 1 amide bonds. The summed E-state index contributed by atoms with van der Waals surface area (Å²) in [6.07, 6.45) is 1.94. The summed E-state index contributed by atoms with van der Waals surface area (Å²) < 4.78 is 4.95. The van der Waals surface area contributed by atoms with Crippen molar-refractivity contribution in [3.8, 4) is 0 Å². The van der Waals surface area contributed by atoms with E-state index in [4.69, 9.17) is 10.3 Å². The molecule has 3 N–H and O–H groups in total. The largest absolute Gasteiger partial charge is 0.355 e. The number of aryl methyl sites for hydroxylation is 1. The Morgan fingerprint density at radius 2 is 2.47 bits per heavy atom. The maximum atomic E-state index is 11.9. The molecule has 7 nitrogen and oxygen atoms in total. The number of aromatic nitrogens is 2. The molecule has 1 aliphatic heterocycles. The highest BCUT2D eigenvalue weighted by Crippen LogP contribution is 2.18. The second-order valence-corrected chi connectivity index (χ2v) is 4.88. The van der Waals surface area contributed by atoms with Crippen LogP contribution in [0.2, 0.25) is 0 Å². The lowest BCUT2D eigenvalue weighted by atomic mass is 9.97. The van der Waals surface area contributed by atoms with E-state index < -0.39 is 0 Å². The molecule has 2 rings (SSSR count). The Bertz CT molecular complexity index is 420. The molecule has 0 bridgehead atoms. The van der Waals surface area contributed by atoms with Crippen molar-refractivity contribution in [3.05, 3.63) is 11.7 Å². The Kier molecular flexibility index (Phi) is 4.86. The number of carbonyl (C=O) groups excluding carboxylic acids is 1. The van der Waals surface area contributed by atoms with Crippen LogP contribution >= 0.6 is 0 Å². The van der Waals surface area contributed by atoms with Crippen LogP contribution < -0.4 is 11.1 Å². The first-order valence-corrected chi connectivity index (χ1v) is 6.68. The van der Waals surface area contributed by atoms with E-state index in [0.29, 0.717) is 31.3 Å². The lowest BCUT2D eigenvalue weighted by Crippen LogP contribution is -2.43. The van der Waals surface area contributed by atoms with Gasteiger partial charge in [0.1, 0.15) is 0 Å². The van der Waals surface area contributed by atoms with Gasteiger partial charge in [-0.2, -0.15) is 4.98 Å². The van der Waals surface area contributed by atoms with Crippen LogP contribution in [0, 0.1) is 12.8 Å². The van der Waals surface area contributed by atoms with Gasteiger partial charge in [0.25, 0.3) is 0 Å². The fourth-order valence-electron chi connectivity index (χ4n) is 2.36.